The maximum absolute atomic E-state index is 12.7. The number of methoxy groups -OCH3 is 1. The Labute approximate surface area is 206 Å². The quantitative estimate of drug-likeness (QED) is 0.327. The number of hydrogen-bond acceptors (Lipinski definition) is 4. The lowest BCUT2D eigenvalue weighted by atomic mass is 10.1. The number of halogens is 1. The molecule has 35 heavy (non-hydrogen) atoms. The number of aromatic amines is 1. The van der Waals surface area contributed by atoms with Gasteiger partial charge in [0.05, 0.1) is 12.8 Å². The Balaban J connectivity index is 1.26. The first-order valence-corrected chi connectivity index (χ1v) is 11.4. The minimum absolute atomic E-state index is 0.137. The molecule has 0 spiro atoms. The van der Waals surface area contributed by atoms with Crippen molar-refractivity contribution in [2.75, 3.05) is 19.0 Å². The summed E-state index contributed by atoms with van der Waals surface area (Å²) >= 11 is 6.11. The summed E-state index contributed by atoms with van der Waals surface area (Å²) in [5.74, 6) is 0.579. The summed E-state index contributed by atoms with van der Waals surface area (Å²) in [4.78, 5) is 28.5. The third-order valence-electron chi connectivity index (χ3n) is 5.77. The van der Waals surface area contributed by atoms with E-state index in [-0.39, 0.29) is 11.7 Å². The maximum Gasteiger partial charge on any atom is 0.291 e. The molecule has 176 valence electrons. The monoisotopic (exact) mass is 487 g/mol. The molecule has 8 heteroatoms. The van der Waals surface area contributed by atoms with Crippen LogP contribution in [0.5, 0.6) is 11.5 Å². The van der Waals surface area contributed by atoms with Crippen LogP contribution in [0.25, 0.3) is 17.0 Å². The maximum atomic E-state index is 12.7. The Bertz CT molecular complexity index is 1470. The highest BCUT2D eigenvalue weighted by Gasteiger charge is 2.23. The van der Waals surface area contributed by atoms with Crippen molar-refractivity contribution in [1.29, 1.82) is 0 Å². The van der Waals surface area contributed by atoms with Gasteiger partial charge in [-0.3, -0.25) is 9.59 Å². The second kappa shape index (κ2) is 9.56. The van der Waals surface area contributed by atoms with Gasteiger partial charge in [-0.25, -0.2) is 0 Å². The van der Waals surface area contributed by atoms with Crippen molar-refractivity contribution in [3.05, 3.63) is 94.3 Å². The van der Waals surface area contributed by atoms with E-state index in [1.165, 1.54) is 0 Å². The minimum Gasteiger partial charge on any atom is -0.496 e. The third-order valence-corrected chi connectivity index (χ3v) is 6.00. The number of hydrogen-bond donors (Lipinski definition) is 3. The lowest BCUT2D eigenvalue weighted by molar-refractivity contribution is -0.115. The first-order valence-electron chi connectivity index (χ1n) is 11.0. The fraction of sp³-hybridized carbons (Fsp3) is 0.111. The van der Waals surface area contributed by atoms with Gasteiger partial charge in [-0.05, 0) is 60.5 Å². The van der Waals surface area contributed by atoms with Crippen LogP contribution in [-0.2, 0) is 11.2 Å². The summed E-state index contributed by atoms with van der Waals surface area (Å²) in [6, 6.07) is 17.9. The van der Waals surface area contributed by atoms with Gasteiger partial charge < -0.3 is 25.1 Å². The molecule has 3 aromatic carbocycles. The number of anilines is 1. The van der Waals surface area contributed by atoms with Gasteiger partial charge in [0.25, 0.3) is 11.8 Å². The Hall–Kier alpha value is -4.23. The molecular weight excluding hydrogens is 466 g/mol. The summed E-state index contributed by atoms with van der Waals surface area (Å²) in [6.07, 6.45) is 4.19. The van der Waals surface area contributed by atoms with Gasteiger partial charge in [0.1, 0.15) is 5.75 Å². The van der Waals surface area contributed by atoms with E-state index in [1.54, 1.807) is 37.5 Å². The van der Waals surface area contributed by atoms with Crippen LogP contribution in [0.3, 0.4) is 0 Å². The van der Waals surface area contributed by atoms with E-state index >= 15 is 0 Å². The highest BCUT2D eigenvalue weighted by atomic mass is 35.5. The first-order chi connectivity index (χ1) is 17.0. The van der Waals surface area contributed by atoms with E-state index in [1.807, 2.05) is 42.6 Å². The van der Waals surface area contributed by atoms with E-state index in [4.69, 9.17) is 21.1 Å². The molecule has 0 unspecified atom stereocenters. The van der Waals surface area contributed by atoms with Crippen molar-refractivity contribution >= 4 is 46.1 Å². The molecule has 0 atom stereocenters. The fourth-order valence-electron chi connectivity index (χ4n) is 4.00. The summed E-state index contributed by atoms with van der Waals surface area (Å²) in [6.45, 7) is 0.448. The zero-order valence-electron chi connectivity index (χ0n) is 18.9. The summed E-state index contributed by atoms with van der Waals surface area (Å²) in [7, 11) is 1.57. The SMILES string of the molecule is COc1ccccc1C=C1Oc2ccc(C(=O)NCCc3c[nH]c4ccc(Cl)cc34)cc2NC1=O. The van der Waals surface area contributed by atoms with Gasteiger partial charge in [0.2, 0.25) is 0 Å². The number of carbonyl (C=O) groups excluding carboxylic acids is 2. The van der Waals surface area contributed by atoms with Crippen LogP contribution in [0.1, 0.15) is 21.5 Å². The van der Waals surface area contributed by atoms with Crippen LogP contribution in [0.15, 0.2) is 72.6 Å². The number of aromatic nitrogens is 1. The molecule has 0 saturated heterocycles. The van der Waals surface area contributed by atoms with E-state index in [9.17, 15) is 9.59 Å². The molecule has 0 aliphatic carbocycles. The van der Waals surface area contributed by atoms with Crippen LogP contribution in [0.4, 0.5) is 5.69 Å². The van der Waals surface area contributed by atoms with Crippen molar-refractivity contribution < 1.29 is 19.1 Å². The topological polar surface area (TPSA) is 92.4 Å². The number of benzene rings is 3. The highest BCUT2D eigenvalue weighted by molar-refractivity contribution is 6.31. The molecule has 1 aliphatic heterocycles. The van der Waals surface area contributed by atoms with E-state index in [2.05, 4.69) is 15.6 Å². The number of ether oxygens (including phenoxy) is 2. The molecule has 1 aromatic heterocycles. The van der Waals surface area contributed by atoms with Crippen molar-refractivity contribution in [3.8, 4) is 11.5 Å². The predicted molar refractivity (Wildman–Crippen MR) is 136 cm³/mol. The summed E-state index contributed by atoms with van der Waals surface area (Å²) < 4.78 is 11.1. The molecule has 0 radical (unpaired) electrons. The zero-order valence-corrected chi connectivity index (χ0v) is 19.6. The molecule has 7 nitrogen and oxygen atoms in total. The Kier molecular flexibility index (Phi) is 6.16. The number of carbonyl (C=O) groups is 2. The smallest absolute Gasteiger partial charge is 0.291 e. The van der Waals surface area contributed by atoms with Gasteiger partial charge in [-0.2, -0.15) is 0 Å². The number of para-hydroxylation sites is 1. The molecule has 3 N–H and O–H groups in total. The first kappa shape index (κ1) is 22.6. The number of fused-ring (bicyclic) bond motifs is 2. The average molecular weight is 488 g/mol. The van der Waals surface area contributed by atoms with Crippen LogP contribution < -0.4 is 20.1 Å². The molecule has 5 rings (SSSR count). The molecule has 0 saturated carbocycles. The number of nitrogens with one attached hydrogen (secondary N) is 3. The average Bonchev–Trinajstić information content (AvgIpc) is 3.26. The largest absolute Gasteiger partial charge is 0.496 e. The van der Waals surface area contributed by atoms with E-state index in [0.29, 0.717) is 40.7 Å². The van der Waals surface area contributed by atoms with Gasteiger partial charge in [0.15, 0.2) is 11.5 Å². The normalized spacial score (nSPS) is 13.8. The molecule has 0 bridgehead atoms. The van der Waals surface area contributed by atoms with Gasteiger partial charge >= 0.3 is 0 Å². The summed E-state index contributed by atoms with van der Waals surface area (Å²) in [5, 5.41) is 7.43. The van der Waals surface area contributed by atoms with Crippen molar-refractivity contribution in [2.45, 2.75) is 6.42 Å². The molecular formula is C27H22ClN3O4. The van der Waals surface area contributed by atoms with Crippen LogP contribution in [-0.4, -0.2) is 30.5 Å². The molecule has 2 heterocycles. The van der Waals surface area contributed by atoms with Gasteiger partial charge in [-0.1, -0.05) is 29.8 Å². The molecule has 0 fully saturated rings. The second-order valence-electron chi connectivity index (χ2n) is 8.03. The Morgan fingerprint density at radius 2 is 2.00 bits per heavy atom. The van der Waals surface area contributed by atoms with Gasteiger partial charge in [-0.15, -0.1) is 0 Å². The van der Waals surface area contributed by atoms with Gasteiger partial charge in [0, 0.05) is 39.8 Å². The highest BCUT2D eigenvalue weighted by Crippen LogP contribution is 2.33. The van der Waals surface area contributed by atoms with Crippen molar-refractivity contribution in [3.63, 3.8) is 0 Å². The predicted octanol–water partition coefficient (Wildman–Crippen LogP) is 5.17. The number of rotatable bonds is 6. The number of H-pyrrole nitrogens is 1. The lowest BCUT2D eigenvalue weighted by Crippen LogP contribution is -2.27. The molecule has 2 amide bonds. The minimum atomic E-state index is -0.404. The fourth-order valence-corrected chi connectivity index (χ4v) is 4.17. The number of amides is 2. The van der Waals surface area contributed by atoms with E-state index < -0.39 is 5.91 Å². The van der Waals surface area contributed by atoms with Crippen molar-refractivity contribution in [1.82, 2.24) is 10.3 Å². The second-order valence-corrected chi connectivity index (χ2v) is 8.46. The molecule has 1 aliphatic rings. The third kappa shape index (κ3) is 4.72. The Morgan fingerprint density at radius 1 is 1.14 bits per heavy atom. The van der Waals surface area contributed by atoms with Crippen LogP contribution >= 0.6 is 11.6 Å². The van der Waals surface area contributed by atoms with Crippen molar-refractivity contribution in [2.24, 2.45) is 0 Å². The van der Waals surface area contributed by atoms with E-state index in [0.717, 1.165) is 22.0 Å². The standard InChI is InChI=1S/C27H22ClN3O4/c1-34-23-5-3-2-4-16(23)13-25-27(33)31-22-12-17(6-9-24(22)35-25)26(32)29-11-10-18-15-30-21-8-7-19(28)14-20(18)21/h2-9,12-15,30H,10-11H2,1H3,(H,29,32)(H,31,33). The molecule has 4 aromatic rings. The summed E-state index contributed by atoms with van der Waals surface area (Å²) in [5.41, 5.74) is 3.65. The Morgan fingerprint density at radius 3 is 2.86 bits per heavy atom. The lowest BCUT2D eigenvalue weighted by Gasteiger charge is -2.20. The van der Waals surface area contributed by atoms with Crippen LogP contribution in [0.2, 0.25) is 5.02 Å². The zero-order chi connectivity index (χ0) is 24.4. The van der Waals surface area contributed by atoms with Crippen LogP contribution in [0, 0.1) is 0 Å².